The third-order valence-corrected chi connectivity index (χ3v) is 4.89. The van der Waals surface area contributed by atoms with Crippen LogP contribution in [0.2, 0.25) is 5.02 Å². The average molecular weight is 389 g/mol. The first-order chi connectivity index (χ1) is 12.4. The van der Waals surface area contributed by atoms with E-state index in [1.807, 2.05) is 0 Å². The predicted octanol–water partition coefficient (Wildman–Crippen LogP) is 3.18. The van der Waals surface area contributed by atoms with Crippen molar-refractivity contribution >= 4 is 39.2 Å². The molecule has 0 saturated carbocycles. The number of hydrogen-bond donors (Lipinski definition) is 2. The molecule has 3 rings (SSSR count). The summed E-state index contributed by atoms with van der Waals surface area (Å²) in [6.07, 6.45) is 2.47. The molecule has 3 aromatic rings. The zero-order chi connectivity index (χ0) is 18.6. The van der Waals surface area contributed by atoms with Crippen LogP contribution in [-0.2, 0) is 10.0 Å². The molecular formula is C17H13ClN4O3S. The zero-order valence-electron chi connectivity index (χ0n) is 13.3. The number of nitrogens with one attached hydrogen (secondary N) is 2. The van der Waals surface area contributed by atoms with Gasteiger partial charge in [-0.2, -0.15) is 0 Å². The van der Waals surface area contributed by atoms with Crippen molar-refractivity contribution < 1.29 is 13.2 Å². The highest BCUT2D eigenvalue weighted by molar-refractivity contribution is 7.92. The van der Waals surface area contributed by atoms with Crippen molar-refractivity contribution in [3.05, 3.63) is 77.6 Å². The number of halogens is 1. The van der Waals surface area contributed by atoms with Gasteiger partial charge in [0.15, 0.2) is 0 Å². The number of benzene rings is 2. The van der Waals surface area contributed by atoms with Gasteiger partial charge in [0.25, 0.3) is 15.9 Å². The second-order valence-electron chi connectivity index (χ2n) is 5.17. The van der Waals surface area contributed by atoms with Gasteiger partial charge in [0.2, 0.25) is 5.95 Å². The molecule has 2 N–H and O–H groups in total. The molecule has 1 aromatic heterocycles. The molecule has 0 spiro atoms. The molecule has 9 heteroatoms. The van der Waals surface area contributed by atoms with Crippen LogP contribution in [0.25, 0.3) is 0 Å². The summed E-state index contributed by atoms with van der Waals surface area (Å²) in [6.45, 7) is 0. The Bertz CT molecular complexity index is 1010. The summed E-state index contributed by atoms with van der Waals surface area (Å²) >= 11 is 5.79. The van der Waals surface area contributed by atoms with Gasteiger partial charge in [-0.1, -0.05) is 29.8 Å². The monoisotopic (exact) mass is 388 g/mol. The summed E-state index contributed by atoms with van der Waals surface area (Å²) in [5, 5.41) is 3.22. The first kappa shape index (κ1) is 17.8. The number of nitrogens with zero attached hydrogens (tertiary/aromatic N) is 2. The number of aromatic nitrogens is 2. The van der Waals surface area contributed by atoms with Crippen LogP contribution < -0.4 is 10.0 Å². The molecule has 0 radical (unpaired) electrons. The van der Waals surface area contributed by atoms with E-state index in [1.165, 1.54) is 24.5 Å². The van der Waals surface area contributed by atoms with Crippen LogP contribution in [0.3, 0.4) is 0 Å². The first-order valence-electron chi connectivity index (χ1n) is 7.41. The topological polar surface area (TPSA) is 101 Å². The molecule has 0 aliphatic rings. The van der Waals surface area contributed by atoms with E-state index in [9.17, 15) is 13.2 Å². The highest BCUT2D eigenvalue weighted by atomic mass is 35.5. The minimum Gasteiger partial charge on any atom is -0.322 e. The molecule has 7 nitrogen and oxygen atoms in total. The van der Waals surface area contributed by atoms with E-state index in [0.717, 1.165) is 0 Å². The van der Waals surface area contributed by atoms with Gasteiger partial charge in [-0.15, -0.1) is 0 Å². The largest absolute Gasteiger partial charge is 0.322 e. The van der Waals surface area contributed by atoms with Crippen molar-refractivity contribution in [3.63, 3.8) is 0 Å². The number of sulfonamides is 1. The Hall–Kier alpha value is -2.97. The van der Waals surface area contributed by atoms with Crippen LogP contribution >= 0.6 is 11.6 Å². The summed E-state index contributed by atoms with van der Waals surface area (Å²) in [6, 6.07) is 14.5. The van der Waals surface area contributed by atoms with Gasteiger partial charge in [0, 0.05) is 23.1 Å². The fraction of sp³-hybridized carbons (Fsp3) is 0. The molecule has 2 aromatic carbocycles. The number of rotatable bonds is 5. The highest BCUT2D eigenvalue weighted by Gasteiger charge is 2.15. The van der Waals surface area contributed by atoms with E-state index in [2.05, 4.69) is 20.0 Å². The highest BCUT2D eigenvalue weighted by Crippen LogP contribution is 2.15. The van der Waals surface area contributed by atoms with Gasteiger partial charge in [0.1, 0.15) is 0 Å². The van der Waals surface area contributed by atoms with E-state index in [4.69, 9.17) is 11.6 Å². The van der Waals surface area contributed by atoms with Crippen molar-refractivity contribution in [2.24, 2.45) is 0 Å². The number of amides is 1. The maximum absolute atomic E-state index is 12.2. The minimum absolute atomic E-state index is 0.0909. The Morgan fingerprint density at radius 1 is 0.923 bits per heavy atom. The lowest BCUT2D eigenvalue weighted by atomic mass is 10.3. The Morgan fingerprint density at radius 3 is 2.15 bits per heavy atom. The first-order valence-corrected chi connectivity index (χ1v) is 9.27. The molecule has 0 fully saturated rings. The summed E-state index contributed by atoms with van der Waals surface area (Å²) in [4.78, 5) is 20.0. The fourth-order valence-electron chi connectivity index (χ4n) is 2.01. The lowest BCUT2D eigenvalue weighted by Gasteiger charge is -2.07. The third-order valence-electron chi connectivity index (χ3n) is 3.30. The van der Waals surface area contributed by atoms with Crippen molar-refractivity contribution in [2.45, 2.75) is 4.90 Å². The second-order valence-corrected chi connectivity index (χ2v) is 7.29. The van der Waals surface area contributed by atoms with E-state index in [1.54, 1.807) is 42.5 Å². The molecule has 132 valence electrons. The van der Waals surface area contributed by atoms with E-state index >= 15 is 0 Å². The lowest BCUT2D eigenvalue weighted by Crippen LogP contribution is -2.16. The Balaban J connectivity index is 1.70. The van der Waals surface area contributed by atoms with Crippen LogP contribution in [0.4, 0.5) is 11.6 Å². The maximum Gasteiger partial charge on any atom is 0.264 e. The summed E-state index contributed by atoms with van der Waals surface area (Å²) < 4.78 is 26.7. The smallest absolute Gasteiger partial charge is 0.264 e. The summed E-state index contributed by atoms with van der Waals surface area (Å²) in [5.74, 6) is -0.554. The molecular weight excluding hydrogens is 376 g/mol. The van der Waals surface area contributed by atoms with Gasteiger partial charge in [0.05, 0.1) is 10.5 Å². The molecule has 0 aliphatic heterocycles. The number of hydrogen-bond acceptors (Lipinski definition) is 5. The quantitative estimate of drug-likeness (QED) is 0.699. The number of carbonyl (C=O) groups excluding carboxylic acids is 1. The molecule has 26 heavy (non-hydrogen) atoms. The van der Waals surface area contributed by atoms with Crippen LogP contribution in [-0.4, -0.2) is 24.3 Å². The average Bonchev–Trinajstić information content (AvgIpc) is 2.64. The Kier molecular flexibility index (Phi) is 5.15. The summed E-state index contributed by atoms with van der Waals surface area (Å²) in [7, 11) is -3.79. The molecule has 1 heterocycles. The van der Waals surface area contributed by atoms with Crippen molar-refractivity contribution in [1.29, 1.82) is 0 Å². The number of carbonyl (C=O) groups is 1. The van der Waals surface area contributed by atoms with Crippen molar-refractivity contribution in [1.82, 2.24) is 9.97 Å². The van der Waals surface area contributed by atoms with E-state index < -0.39 is 15.9 Å². The minimum atomic E-state index is -3.79. The van der Waals surface area contributed by atoms with Gasteiger partial charge < -0.3 is 5.32 Å². The lowest BCUT2D eigenvalue weighted by molar-refractivity contribution is 0.102. The maximum atomic E-state index is 12.2. The van der Waals surface area contributed by atoms with E-state index in [-0.39, 0.29) is 16.4 Å². The Labute approximate surface area is 155 Å². The second kappa shape index (κ2) is 7.51. The van der Waals surface area contributed by atoms with Crippen molar-refractivity contribution in [3.8, 4) is 0 Å². The molecule has 0 aliphatic carbocycles. The number of anilines is 2. The van der Waals surface area contributed by atoms with Crippen LogP contribution in [0.15, 0.2) is 71.9 Å². The Morgan fingerprint density at radius 2 is 1.54 bits per heavy atom. The zero-order valence-corrected chi connectivity index (χ0v) is 14.8. The molecule has 1 amide bonds. The van der Waals surface area contributed by atoms with Crippen molar-refractivity contribution in [2.75, 3.05) is 10.0 Å². The van der Waals surface area contributed by atoms with Crippen LogP contribution in [0, 0.1) is 0 Å². The predicted molar refractivity (Wildman–Crippen MR) is 98.7 cm³/mol. The van der Waals surface area contributed by atoms with Crippen LogP contribution in [0.5, 0.6) is 0 Å². The molecule has 0 bridgehead atoms. The fourth-order valence-corrected chi connectivity index (χ4v) is 3.12. The van der Waals surface area contributed by atoms with Gasteiger partial charge >= 0.3 is 0 Å². The SMILES string of the molecule is O=C(Nc1ccc(Cl)cc1)c1cnc(NS(=O)(=O)c2ccccc2)nc1. The van der Waals surface area contributed by atoms with Crippen LogP contribution in [0.1, 0.15) is 10.4 Å². The third kappa shape index (κ3) is 4.35. The summed E-state index contributed by atoms with van der Waals surface area (Å²) in [5.41, 5.74) is 0.746. The van der Waals surface area contributed by atoms with Gasteiger partial charge in [-0.25, -0.2) is 23.1 Å². The molecule has 0 atom stereocenters. The van der Waals surface area contributed by atoms with E-state index in [0.29, 0.717) is 10.7 Å². The normalized spacial score (nSPS) is 11.0. The molecule has 0 saturated heterocycles. The molecule has 0 unspecified atom stereocenters. The van der Waals surface area contributed by atoms with Gasteiger partial charge in [-0.05, 0) is 36.4 Å². The standard InChI is InChI=1S/C17H13ClN4O3S/c18-13-6-8-14(9-7-13)21-16(23)12-10-19-17(20-11-12)22-26(24,25)15-4-2-1-3-5-15/h1-11H,(H,21,23)(H,19,20,22). The van der Waals surface area contributed by atoms with Gasteiger partial charge in [-0.3, -0.25) is 4.79 Å².